The molecular formula is C13H18N6O3S. The second-order valence-corrected chi connectivity index (χ2v) is 6.61. The Hall–Kier alpha value is -2.07. The molecule has 0 aromatic carbocycles. The molecule has 3 rings (SSSR count). The number of aromatic nitrogens is 4. The lowest BCUT2D eigenvalue weighted by Gasteiger charge is -2.15. The summed E-state index contributed by atoms with van der Waals surface area (Å²) in [4.78, 5) is 34.1. The van der Waals surface area contributed by atoms with Crippen molar-refractivity contribution in [2.24, 2.45) is 0 Å². The van der Waals surface area contributed by atoms with Gasteiger partial charge in [0.05, 0.1) is 12.4 Å². The molecule has 0 spiro atoms. The molecule has 9 nitrogen and oxygen atoms in total. The molecule has 5 N–H and O–H groups in total. The largest absolute Gasteiger partial charge is 0.380 e. The minimum atomic E-state index is -0.518. The minimum absolute atomic E-state index is 0.0368. The summed E-state index contributed by atoms with van der Waals surface area (Å²) in [6.45, 7) is 0.502. The Morgan fingerprint density at radius 1 is 1.61 bits per heavy atom. The van der Waals surface area contributed by atoms with Gasteiger partial charge >= 0.3 is 0 Å². The molecule has 0 bridgehead atoms. The van der Waals surface area contributed by atoms with Crippen molar-refractivity contribution in [1.82, 2.24) is 24.8 Å². The van der Waals surface area contributed by atoms with Crippen molar-refractivity contribution in [1.29, 1.82) is 0 Å². The van der Waals surface area contributed by atoms with Crippen LogP contribution >= 0.6 is 11.8 Å². The lowest BCUT2D eigenvalue weighted by Crippen LogP contribution is -2.39. The maximum Gasteiger partial charge on any atom is 0.280 e. The van der Waals surface area contributed by atoms with Gasteiger partial charge in [-0.3, -0.25) is 14.6 Å². The molecule has 0 aliphatic carbocycles. The highest BCUT2D eigenvalue weighted by molar-refractivity contribution is 8.00. The van der Waals surface area contributed by atoms with E-state index in [0.717, 1.165) is 12.2 Å². The van der Waals surface area contributed by atoms with Crippen LogP contribution in [0.25, 0.3) is 11.2 Å². The van der Waals surface area contributed by atoms with E-state index in [2.05, 4.69) is 20.3 Å². The number of aliphatic hydroxyl groups excluding tert-OH is 1. The van der Waals surface area contributed by atoms with Gasteiger partial charge in [0, 0.05) is 13.0 Å². The van der Waals surface area contributed by atoms with Gasteiger partial charge in [-0.05, 0) is 18.6 Å². The Morgan fingerprint density at radius 2 is 2.43 bits per heavy atom. The van der Waals surface area contributed by atoms with Gasteiger partial charge in [0.25, 0.3) is 5.56 Å². The summed E-state index contributed by atoms with van der Waals surface area (Å²) in [6.07, 6.45) is 3.20. The maximum atomic E-state index is 11.9. The van der Waals surface area contributed by atoms with Crippen LogP contribution in [0.4, 0.5) is 5.95 Å². The van der Waals surface area contributed by atoms with Crippen LogP contribution in [0.2, 0.25) is 0 Å². The lowest BCUT2D eigenvalue weighted by atomic mass is 10.2. The lowest BCUT2D eigenvalue weighted by molar-refractivity contribution is -0.122. The molecule has 1 saturated heterocycles. The first kappa shape index (κ1) is 15.8. The van der Waals surface area contributed by atoms with Crippen LogP contribution in [0.1, 0.15) is 19.3 Å². The molecule has 124 valence electrons. The number of hydrogen-bond acceptors (Lipinski definition) is 7. The molecule has 1 aliphatic heterocycles. The van der Waals surface area contributed by atoms with Crippen LogP contribution in [0.15, 0.2) is 11.1 Å². The van der Waals surface area contributed by atoms with Crippen molar-refractivity contribution >= 4 is 34.8 Å². The zero-order valence-corrected chi connectivity index (χ0v) is 13.2. The first-order chi connectivity index (χ1) is 11.0. The van der Waals surface area contributed by atoms with E-state index >= 15 is 0 Å². The number of hydrogen-bond donors (Lipinski definition) is 4. The average Bonchev–Trinajstić information content (AvgIpc) is 3.07. The summed E-state index contributed by atoms with van der Waals surface area (Å²) in [5.74, 6) is 0.801. The predicted octanol–water partition coefficient (Wildman–Crippen LogP) is -0.578. The highest BCUT2D eigenvalue weighted by atomic mass is 32.2. The molecule has 23 heavy (non-hydrogen) atoms. The number of nitrogens with zero attached hydrogens (tertiary/aromatic N) is 3. The van der Waals surface area contributed by atoms with Gasteiger partial charge in [-0.1, -0.05) is 0 Å². The van der Waals surface area contributed by atoms with E-state index in [9.17, 15) is 14.7 Å². The summed E-state index contributed by atoms with van der Waals surface area (Å²) in [5, 5.41) is 12.5. The summed E-state index contributed by atoms with van der Waals surface area (Å²) in [5.41, 5.74) is 5.28. The monoisotopic (exact) mass is 338 g/mol. The minimum Gasteiger partial charge on any atom is -0.380 e. The smallest absolute Gasteiger partial charge is 0.280 e. The Labute approximate surface area is 135 Å². The molecular weight excluding hydrogens is 320 g/mol. The van der Waals surface area contributed by atoms with Gasteiger partial charge in [0.2, 0.25) is 11.9 Å². The highest BCUT2D eigenvalue weighted by Crippen LogP contribution is 2.24. The predicted molar refractivity (Wildman–Crippen MR) is 86.8 cm³/mol. The first-order valence-corrected chi connectivity index (χ1v) is 8.39. The number of H-pyrrole nitrogens is 1. The van der Waals surface area contributed by atoms with Crippen molar-refractivity contribution in [3.05, 3.63) is 16.7 Å². The molecule has 1 amide bonds. The Bertz CT molecular complexity index is 773. The van der Waals surface area contributed by atoms with E-state index in [4.69, 9.17) is 5.73 Å². The number of fused-ring (bicyclic) bond motifs is 1. The van der Waals surface area contributed by atoms with Crippen LogP contribution in [0.3, 0.4) is 0 Å². The van der Waals surface area contributed by atoms with Crippen molar-refractivity contribution in [3.8, 4) is 0 Å². The maximum absolute atomic E-state index is 11.9. The number of imidazole rings is 1. The standard InChI is InChI=1S/C13H18N6O3S/c14-13-17-10-9(11(21)18-13)15-6-19(10)4-1-2-8(20)16-7-3-5-23-12(7)22/h6-7,12,22H,1-5H2,(H,16,20)(H3,14,17,18,21). The molecule has 0 saturated carbocycles. The number of carbonyl (C=O) groups excluding carboxylic acids is 1. The highest BCUT2D eigenvalue weighted by Gasteiger charge is 2.26. The zero-order valence-electron chi connectivity index (χ0n) is 12.4. The number of nitrogens with two attached hydrogens (primary N) is 1. The van der Waals surface area contributed by atoms with E-state index in [1.807, 2.05) is 0 Å². The van der Waals surface area contributed by atoms with Crippen LogP contribution in [0, 0.1) is 0 Å². The van der Waals surface area contributed by atoms with Crippen molar-refractivity contribution in [2.45, 2.75) is 37.3 Å². The number of nitrogens with one attached hydrogen (secondary N) is 2. The Kier molecular flexibility index (Phi) is 4.53. The van der Waals surface area contributed by atoms with E-state index in [1.54, 1.807) is 4.57 Å². The molecule has 1 fully saturated rings. The van der Waals surface area contributed by atoms with Gasteiger partial charge in [-0.25, -0.2) is 4.98 Å². The fraction of sp³-hybridized carbons (Fsp3) is 0.538. The number of thioether (sulfide) groups is 1. The molecule has 10 heteroatoms. The number of aliphatic hydroxyl groups is 1. The summed E-state index contributed by atoms with van der Waals surface area (Å²) in [7, 11) is 0. The van der Waals surface area contributed by atoms with E-state index in [0.29, 0.717) is 25.0 Å². The molecule has 1 aliphatic rings. The van der Waals surface area contributed by atoms with Gasteiger partial charge in [0.1, 0.15) is 5.44 Å². The number of anilines is 1. The van der Waals surface area contributed by atoms with Crippen molar-refractivity contribution < 1.29 is 9.90 Å². The van der Waals surface area contributed by atoms with Gasteiger partial charge < -0.3 is 20.7 Å². The van der Waals surface area contributed by atoms with Gasteiger partial charge in [-0.15, -0.1) is 11.8 Å². The number of nitrogen functional groups attached to an aromatic ring is 1. The molecule has 2 atom stereocenters. The van der Waals surface area contributed by atoms with E-state index < -0.39 is 5.44 Å². The number of carbonyl (C=O) groups is 1. The van der Waals surface area contributed by atoms with Crippen LogP contribution in [-0.4, -0.2) is 47.8 Å². The van der Waals surface area contributed by atoms with E-state index in [1.165, 1.54) is 18.1 Å². The third-order valence-electron chi connectivity index (χ3n) is 3.70. The van der Waals surface area contributed by atoms with Gasteiger partial charge in [-0.2, -0.15) is 4.98 Å². The normalized spacial score (nSPS) is 20.9. The number of aryl methyl sites for hydroxylation is 1. The number of amides is 1. The van der Waals surface area contributed by atoms with Crippen LogP contribution < -0.4 is 16.6 Å². The Balaban J connectivity index is 1.56. The SMILES string of the molecule is Nc1nc2c(ncn2CCCC(=O)NC2CCSC2O)c(=O)[nH]1. The third-order valence-corrected chi connectivity index (χ3v) is 4.85. The molecule has 2 unspecified atom stereocenters. The summed E-state index contributed by atoms with van der Waals surface area (Å²) < 4.78 is 1.70. The number of rotatable bonds is 5. The quantitative estimate of drug-likeness (QED) is 0.572. The third kappa shape index (κ3) is 3.48. The van der Waals surface area contributed by atoms with E-state index in [-0.39, 0.29) is 29.0 Å². The first-order valence-electron chi connectivity index (χ1n) is 7.34. The summed E-state index contributed by atoms with van der Waals surface area (Å²) >= 11 is 1.45. The zero-order chi connectivity index (χ0) is 16.4. The Morgan fingerprint density at radius 3 is 3.17 bits per heavy atom. The van der Waals surface area contributed by atoms with Crippen molar-refractivity contribution in [3.63, 3.8) is 0 Å². The molecule has 3 heterocycles. The van der Waals surface area contributed by atoms with Gasteiger partial charge in [0.15, 0.2) is 11.2 Å². The number of aromatic amines is 1. The summed E-state index contributed by atoms with van der Waals surface area (Å²) in [6, 6.07) is -0.165. The van der Waals surface area contributed by atoms with Crippen molar-refractivity contribution in [2.75, 3.05) is 11.5 Å². The van der Waals surface area contributed by atoms with Crippen LogP contribution in [-0.2, 0) is 11.3 Å². The second-order valence-electron chi connectivity index (χ2n) is 5.39. The fourth-order valence-electron chi connectivity index (χ4n) is 2.54. The van der Waals surface area contributed by atoms with Crippen LogP contribution in [0.5, 0.6) is 0 Å². The molecule has 2 aromatic heterocycles. The molecule has 0 radical (unpaired) electrons. The molecule has 2 aromatic rings. The average molecular weight is 338 g/mol. The fourth-order valence-corrected chi connectivity index (χ4v) is 3.61. The topological polar surface area (TPSA) is 139 Å². The second kappa shape index (κ2) is 6.59.